The van der Waals surface area contributed by atoms with Crippen molar-refractivity contribution in [3.63, 3.8) is 0 Å². The summed E-state index contributed by atoms with van der Waals surface area (Å²) in [4.78, 5) is 11.7. The number of hydrogen-bond donors (Lipinski definition) is 2. The van der Waals surface area contributed by atoms with Crippen molar-refractivity contribution in [2.75, 3.05) is 18.2 Å². The van der Waals surface area contributed by atoms with E-state index in [0.717, 1.165) is 5.69 Å². The number of ether oxygens (including phenoxy) is 1. The predicted octanol–water partition coefficient (Wildman–Crippen LogP) is 3.54. The minimum absolute atomic E-state index is 0.125. The van der Waals surface area contributed by atoms with Gasteiger partial charge >= 0.3 is 5.97 Å². The fraction of sp³-hybridized carbons (Fsp3) is 0.235. The number of esters is 1. The lowest BCUT2D eigenvalue weighted by atomic mass is 10.0. The molecule has 1 unspecified atom stereocenters. The van der Waals surface area contributed by atoms with Gasteiger partial charge in [0.25, 0.3) is 0 Å². The summed E-state index contributed by atoms with van der Waals surface area (Å²) in [6, 6.07) is 13.6. The SMILES string of the molecule is COC(=O)c1cc(NC(C)c2ccccc2C)ccc1N. The third-order valence-electron chi connectivity index (χ3n) is 3.50. The van der Waals surface area contributed by atoms with Crippen molar-refractivity contribution in [1.82, 2.24) is 0 Å². The maximum Gasteiger partial charge on any atom is 0.340 e. The van der Waals surface area contributed by atoms with Crippen LogP contribution in [0.25, 0.3) is 0 Å². The van der Waals surface area contributed by atoms with Crippen LogP contribution in [-0.2, 0) is 4.74 Å². The number of carbonyl (C=O) groups is 1. The van der Waals surface area contributed by atoms with Crippen molar-refractivity contribution in [3.05, 3.63) is 59.2 Å². The summed E-state index contributed by atoms with van der Waals surface area (Å²) in [6.07, 6.45) is 0. The Labute approximate surface area is 124 Å². The first kappa shape index (κ1) is 14.9. The van der Waals surface area contributed by atoms with Crippen LogP contribution in [0.1, 0.15) is 34.5 Å². The molecule has 0 radical (unpaired) electrons. The molecule has 0 aliphatic heterocycles. The van der Waals surface area contributed by atoms with E-state index in [-0.39, 0.29) is 6.04 Å². The zero-order chi connectivity index (χ0) is 15.4. The monoisotopic (exact) mass is 284 g/mol. The minimum atomic E-state index is -0.431. The topological polar surface area (TPSA) is 64.3 Å². The number of nitrogen functional groups attached to an aromatic ring is 1. The average Bonchev–Trinajstić information content (AvgIpc) is 2.48. The summed E-state index contributed by atoms with van der Waals surface area (Å²) in [6.45, 7) is 4.16. The van der Waals surface area contributed by atoms with E-state index >= 15 is 0 Å². The molecule has 2 aromatic carbocycles. The summed E-state index contributed by atoms with van der Waals surface area (Å²) in [5, 5.41) is 3.38. The van der Waals surface area contributed by atoms with Gasteiger partial charge in [-0.25, -0.2) is 4.79 Å². The van der Waals surface area contributed by atoms with Gasteiger partial charge in [0.1, 0.15) is 0 Å². The fourth-order valence-corrected chi connectivity index (χ4v) is 2.33. The van der Waals surface area contributed by atoms with Gasteiger partial charge in [-0.2, -0.15) is 0 Å². The second-order valence-corrected chi connectivity index (χ2v) is 5.02. The van der Waals surface area contributed by atoms with Gasteiger partial charge < -0.3 is 15.8 Å². The van der Waals surface area contributed by atoms with E-state index in [4.69, 9.17) is 10.5 Å². The largest absolute Gasteiger partial charge is 0.465 e. The van der Waals surface area contributed by atoms with Gasteiger partial charge in [0.05, 0.1) is 12.7 Å². The van der Waals surface area contributed by atoms with Crippen molar-refractivity contribution in [3.8, 4) is 0 Å². The minimum Gasteiger partial charge on any atom is -0.465 e. The highest BCUT2D eigenvalue weighted by Crippen LogP contribution is 2.24. The summed E-state index contributed by atoms with van der Waals surface area (Å²) in [7, 11) is 1.35. The lowest BCUT2D eigenvalue weighted by molar-refractivity contribution is 0.0602. The van der Waals surface area contributed by atoms with Crippen LogP contribution in [0.5, 0.6) is 0 Å². The normalized spacial score (nSPS) is 11.8. The molecule has 0 amide bonds. The molecular weight excluding hydrogens is 264 g/mol. The Bertz CT molecular complexity index is 653. The first-order valence-corrected chi connectivity index (χ1v) is 6.83. The highest BCUT2D eigenvalue weighted by atomic mass is 16.5. The molecular formula is C17H20N2O2. The lowest BCUT2D eigenvalue weighted by Gasteiger charge is -2.18. The van der Waals surface area contributed by atoms with Gasteiger partial charge in [-0.05, 0) is 43.2 Å². The first-order valence-electron chi connectivity index (χ1n) is 6.83. The van der Waals surface area contributed by atoms with E-state index in [1.807, 2.05) is 18.2 Å². The Morgan fingerprint density at radius 2 is 1.95 bits per heavy atom. The third-order valence-corrected chi connectivity index (χ3v) is 3.50. The molecule has 4 nitrogen and oxygen atoms in total. The highest BCUT2D eigenvalue weighted by molar-refractivity contribution is 5.96. The molecule has 0 spiro atoms. The number of anilines is 2. The molecule has 4 heteroatoms. The number of carbonyl (C=O) groups excluding carboxylic acids is 1. The Hall–Kier alpha value is -2.49. The van der Waals surface area contributed by atoms with Crippen LogP contribution in [0.3, 0.4) is 0 Å². The van der Waals surface area contributed by atoms with Crippen molar-refractivity contribution < 1.29 is 9.53 Å². The number of rotatable bonds is 4. The van der Waals surface area contributed by atoms with Crippen molar-refractivity contribution in [2.24, 2.45) is 0 Å². The molecule has 2 aromatic rings. The van der Waals surface area contributed by atoms with Crippen LogP contribution in [0.2, 0.25) is 0 Å². The molecule has 0 bridgehead atoms. The predicted molar refractivity (Wildman–Crippen MR) is 85.4 cm³/mol. The average molecular weight is 284 g/mol. The van der Waals surface area contributed by atoms with Gasteiger partial charge in [0.2, 0.25) is 0 Å². The van der Waals surface area contributed by atoms with Crippen molar-refractivity contribution in [2.45, 2.75) is 19.9 Å². The molecule has 0 saturated carbocycles. The Kier molecular flexibility index (Phi) is 4.48. The molecule has 2 rings (SSSR count). The van der Waals surface area contributed by atoms with Gasteiger partial charge in [-0.15, -0.1) is 0 Å². The molecule has 0 aromatic heterocycles. The van der Waals surface area contributed by atoms with Crippen LogP contribution in [0.15, 0.2) is 42.5 Å². The van der Waals surface area contributed by atoms with Gasteiger partial charge in [0.15, 0.2) is 0 Å². The smallest absolute Gasteiger partial charge is 0.340 e. The van der Waals surface area contributed by atoms with Gasteiger partial charge in [-0.3, -0.25) is 0 Å². The molecule has 0 fully saturated rings. The second kappa shape index (κ2) is 6.31. The van der Waals surface area contributed by atoms with E-state index < -0.39 is 5.97 Å². The number of nitrogens with two attached hydrogens (primary N) is 1. The Morgan fingerprint density at radius 1 is 1.24 bits per heavy atom. The molecule has 0 aliphatic rings. The second-order valence-electron chi connectivity index (χ2n) is 5.02. The van der Waals surface area contributed by atoms with E-state index in [1.54, 1.807) is 12.1 Å². The zero-order valence-corrected chi connectivity index (χ0v) is 12.5. The number of benzene rings is 2. The fourth-order valence-electron chi connectivity index (χ4n) is 2.33. The standard InChI is InChI=1S/C17H20N2O2/c1-11-6-4-5-7-14(11)12(2)19-13-8-9-16(18)15(10-13)17(20)21-3/h4-10,12,19H,18H2,1-3H3. The Balaban J connectivity index is 2.24. The summed E-state index contributed by atoms with van der Waals surface area (Å²) in [5.41, 5.74) is 9.86. The maximum atomic E-state index is 11.7. The molecule has 0 saturated heterocycles. The number of methoxy groups -OCH3 is 1. The third kappa shape index (κ3) is 3.34. The van der Waals surface area contributed by atoms with Crippen LogP contribution in [0, 0.1) is 6.92 Å². The van der Waals surface area contributed by atoms with Crippen LogP contribution in [-0.4, -0.2) is 13.1 Å². The highest BCUT2D eigenvalue weighted by Gasteiger charge is 2.13. The molecule has 110 valence electrons. The molecule has 3 N–H and O–H groups in total. The van der Waals surface area contributed by atoms with Crippen LogP contribution in [0.4, 0.5) is 11.4 Å². The number of nitrogens with one attached hydrogen (secondary N) is 1. The summed E-state index contributed by atoms with van der Waals surface area (Å²) >= 11 is 0. The van der Waals surface area contributed by atoms with Gasteiger partial charge in [0, 0.05) is 17.4 Å². The summed E-state index contributed by atoms with van der Waals surface area (Å²) in [5.74, 6) is -0.431. The zero-order valence-electron chi connectivity index (χ0n) is 12.5. The summed E-state index contributed by atoms with van der Waals surface area (Å²) < 4.78 is 4.73. The molecule has 0 heterocycles. The molecule has 1 atom stereocenters. The van der Waals surface area contributed by atoms with Crippen LogP contribution >= 0.6 is 0 Å². The van der Waals surface area contributed by atoms with Crippen LogP contribution < -0.4 is 11.1 Å². The molecule has 0 aliphatic carbocycles. The first-order chi connectivity index (χ1) is 10.0. The quantitative estimate of drug-likeness (QED) is 0.666. The maximum absolute atomic E-state index is 11.7. The number of hydrogen-bond acceptors (Lipinski definition) is 4. The van der Waals surface area contributed by atoms with E-state index in [1.165, 1.54) is 18.2 Å². The van der Waals surface area contributed by atoms with E-state index in [0.29, 0.717) is 11.3 Å². The van der Waals surface area contributed by atoms with Crippen molar-refractivity contribution >= 4 is 17.3 Å². The van der Waals surface area contributed by atoms with Crippen molar-refractivity contribution in [1.29, 1.82) is 0 Å². The number of aryl methyl sites for hydroxylation is 1. The van der Waals surface area contributed by atoms with E-state index in [2.05, 4.69) is 31.3 Å². The molecule has 21 heavy (non-hydrogen) atoms. The van der Waals surface area contributed by atoms with Gasteiger partial charge in [-0.1, -0.05) is 24.3 Å². The lowest BCUT2D eigenvalue weighted by Crippen LogP contribution is -2.10. The Morgan fingerprint density at radius 3 is 2.62 bits per heavy atom. The van der Waals surface area contributed by atoms with E-state index in [9.17, 15) is 4.79 Å².